The summed E-state index contributed by atoms with van der Waals surface area (Å²) in [5.41, 5.74) is 0.726. The van der Waals surface area contributed by atoms with E-state index in [0.29, 0.717) is 17.1 Å². The average Bonchev–Trinajstić information content (AvgIpc) is 2.78. The van der Waals surface area contributed by atoms with Gasteiger partial charge >= 0.3 is 0 Å². The molecule has 4 nitrogen and oxygen atoms in total. The van der Waals surface area contributed by atoms with Gasteiger partial charge < -0.3 is 4.74 Å². The Balaban J connectivity index is 2.04. The van der Waals surface area contributed by atoms with Crippen molar-refractivity contribution in [2.24, 2.45) is 0 Å². The van der Waals surface area contributed by atoms with Crippen molar-refractivity contribution in [1.82, 2.24) is 9.55 Å². The average molecular weight is 287 g/mol. The molecule has 0 bridgehead atoms. The fourth-order valence-corrected chi connectivity index (χ4v) is 2.19. The lowest BCUT2D eigenvalue weighted by atomic mass is 10.2. The van der Waals surface area contributed by atoms with Crippen LogP contribution >= 0.6 is 15.9 Å². The van der Waals surface area contributed by atoms with E-state index in [1.807, 2.05) is 6.92 Å². The second-order valence-electron chi connectivity index (χ2n) is 4.07. The van der Waals surface area contributed by atoms with Crippen LogP contribution in [0.5, 0.6) is 0 Å². The SMILES string of the molecule is Cc1ncn(CCC2CCCO2)c(=O)c1Br. The molecular formula is C11H15BrN2O2. The van der Waals surface area contributed by atoms with Gasteiger partial charge in [-0.3, -0.25) is 9.36 Å². The summed E-state index contributed by atoms with van der Waals surface area (Å²) in [5.74, 6) is 0. The number of ether oxygens (including phenoxy) is 1. The summed E-state index contributed by atoms with van der Waals surface area (Å²) < 4.78 is 7.72. The Morgan fingerprint density at radius 2 is 2.50 bits per heavy atom. The highest BCUT2D eigenvalue weighted by Gasteiger charge is 2.15. The van der Waals surface area contributed by atoms with Gasteiger partial charge in [0, 0.05) is 13.2 Å². The van der Waals surface area contributed by atoms with E-state index in [1.165, 1.54) is 0 Å². The predicted molar refractivity (Wildman–Crippen MR) is 64.5 cm³/mol. The van der Waals surface area contributed by atoms with Crippen molar-refractivity contribution >= 4 is 15.9 Å². The summed E-state index contributed by atoms with van der Waals surface area (Å²) in [6.07, 6.45) is 5.05. The summed E-state index contributed by atoms with van der Waals surface area (Å²) in [6.45, 7) is 3.35. The maximum Gasteiger partial charge on any atom is 0.267 e. The van der Waals surface area contributed by atoms with Crippen LogP contribution in [-0.2, 0) is 11.3 Å². The van der Waals surface area contributed by atoms with Crippen LogP contribution in [0.1, 0.15) is 25.0 Å². The Morgan fingerprint density at radius 3 is 3.19 bits per heavy atom. The molecule has 2 rings (SSSR count). The third kappa shape index (κ3) is 2.52. The minimum atomic E-state index is -0.00880. The molecule has 88 valence electrons. The summed E-state index contributed by atoms with van der Waals surface area (Å²) in [6, 6.07) is 0. The van der Waals surface area contributed by atoms with Gasteiger partial charge in [-0.15, -0.1) is 0 Å². The number of halogens is 1. The maximum absolute atomic E-state index is 11.8. The van der Waals surface area contributed by atoms with Gasteiger partial charge in [-0.05, 0) is 42.1 Å². The van der Waals surface area contributed by atoms with Gasteiger partial charge in [0.05, 0.1) is 18.1 Å². The summed E-state index contributed by atoms with van der Waals surface area (Å²) in [7, 11) is 0. The molecular weight excluding hydrogens is 272 g/mol. The van der Waals surface area contributed by atoms with Crippen molar-refractivity contribution in [3.8, 4) is 0 Å². The Bertz CT molecular complexity index is 424. The van der Waals surface area contributed by atoms with Gasteiger partial charge in [-0.2, -0.15) is 0 Å². The van der Waals surface area contributed by atoms with Crippen molar-refractivity contribution in [2.45, 2.75) is 38.8 Å². The van der Waals surface area contributed by atoms with Crippen LogP contribution in [0, 0.1) is 6.92 Å². The first-order valence-corrected chi connectivity index (χ1v) is 6.31. The molecule has 1 atom stereocenters. The standard InChI is InChI=1S/C11H15BrN2O2/c1-8-10(12)11(15)14(7-13-8)5-4-9-3-2-6-16-9/h7,9H,2-6H2,1H3. The molecule has 1 aliphatic rings. The molecule has 0 amide bonds. The molecule has 5 heteroatoms. The van der Waals surface area contributed by atoms with E-state index in [-0.39, 0.29) is 5.56 Å². The number of aryl methyl sites for hydroxylation is 2. The Labute approximate surface area is 103 Å². The number of aromatic nitrogens is 2. The highest BCUT2D eigenvalue weighted by Crippen LogP contribution is 2.15. The summed E-state index contributed by atoms with van der Waals surface area (Å²) >= 11 is 3.26. The van der Waals surface area contributed by atoms with Gasteiger partial charge in [0.2, 0.25) is 0 Å². The largest absolute Gasteiger partial charge is 0.378 e. The van der Waals surface area contributed by atoms with E-state index in [2.05, 4.69) is 20.9 Å². The number of rotatable bonds is 3. The molecule has 0 N–H and O–H groups in total. The first-order chi connectivity index (χ1) is 7.68. The van der Waals surface area contributed by atoms with Gasteiger partial charge in [0.15, 0.2) is 0 Å². The molecule has 0 spiro atoms. The van der Waals surface area contributed by atoms with Crippen molar-refractivity contribution in [1.29, 1.82) is 0 Å². The van der Waals surface area contributed by atoms with E-state index in [0.717, 1.165) is 31.6 Å². The van der Waals surface area contributed by atoms with Gasteiger partial charge in [-0.25, -0.2) is 4.98 Å². The first kappa shape index (κ1) is 11.8. The Kier molecular flexibility index (Phi) is 3.76. The number of hydrogen-bond acceptors (Lipinski definition) is 3. The third-order valence-electron chi connectivity index (χ3n) is 2.87. The zero-order chi connectivity index (χ0) is 11.5. The fourth-order valence-electron chi connectivity index (χ4n) is 1.86. The molecule has 16 heavy (non-hydrogen) atoms. The van der Waals surface area contributed by atoms with Crippen molar-refractivity contribution < 1.29 is 4.74 Å². The quantitative estimate of drug-likeness (QED) is 0.852. The molecule has 2 heterocycles. The smallest absolute Gasteiger partial charge is 0.267 e. The minimum Gasteiger partial charge on any atom is -0.378 e. The van der Waals surface area contributed by atoms with Gasteiger partial charge in [0.1, 0.15) is 4.47 Å². The second-order valence-corrected chi connectivity index (χ2v) is 4.86. The topological polar surface area (TPSA) is 44.1 Å². The van der Waals surface area contributed by atoms with Crippen molar-refractivity contribution in [3.05, 3.63) is 26.8 Å². The predicted octanol–water partition coefficient (Wildman–Crippen LogP) is 1.88. The molecule has 0 aliphatic carbocycles. The monoisotopic (exact) mass is 286 g/mol. The van der Waals surface area contributed by atoms with Crippen LogP contribution < -0.4 is 5.56 Å². The van der Waals surface area contributed by atoms with Crippen LogP contribution in [-0.4, -0.2) is 22.3 Å². The highest BCUT2D eigenvalue weighted by molar-refractivity contribution is 9.10. The summed E-state index contributed by atoms with van der Waals surface area (Å²) in [4.78, 5) is 16.0. The van der Waals surface area contributed by atoms with Crippen molar-refractivity contribution in [3.63, 3.8) is 0 Å². The molecule has 1 aromatic heterocycles. The molecule has 1 saturated heterocycles. The third-order valence-corrected chi connectivity index (χ3v) is 3.79. The van der Waals surface area contributed by atoms with E-state index in [9.17, 15) is 4.79 Å². The van der Waals surface area contributed by atoms with Crippen LogP contribution in [0.2, 0.25) is 0 Å². The molecule has 1 fully saturated rings. The van der Waals surface area contributed by atoms with E-state index >= 15 is 0 Å². The van der Waals surface area contributed by atoms with E-state index in [4.69, 9.17) is 4.74 Å². The van der Waals surface area contributed by atoms with Crippen LogP contribution in [0.4, 0.5) is 0 Å². The second kappa shape index (κ2) is 5.10. The lowest BCUT2D eigenvalue weighted by Crippen LogP contribution is -2.24. The maximum atomic E-state index is 11.8. The van der Waals surface area contributed by atoms with Crippen LogP contribution in [0.3, 0.4) is 0 Å². The Morgan fingerprint density at radius 1 is 1.69 bits per heavy atom. The van der Waals surface area contributed by atoms with Crippen LogP contribution in [0.15, 0.2) is 15.6 Å². The number of nitrogens with zero attached hydrogens (tertiary/aromatic N) is 2. The molecule has 0 saturated carbocycles. The van der Waals surface area contributed by atoms with Gasteiger partial charge in [0.25, 0.3) is 5.56 Å². The molecule has 1 aliphatic heterocycles. The molecule has 0 radical (unpaired) electrons. The fraction of sp³-hybridized carbons (Fsp3) is 0.636. The van der Waals surface area contributed by atoms with Crippen molar-refractivity contribution in [2.75, 3.05) is 6.61 Å². The zero-order valence-corrected chi connectivity index (χ0v) is 10.9. The van der Waals surface area contributed by atoms with Gasteiger partial charge in [-0.1, -0.05) is 0 Å². The van der Waals surface area contributed by atoms with Crippen LogP contribution in [0.25, 0.3) is 0 Å². The zero-order valence-electron chi connectivity index (χ0n) is 9.28. The van der Waals surface area contributed by atoms with E-state index in [1.54, 1.807) is 10.9 Å². The lowest BCUT2D eigenvalue weighted by Gasteiger charge is -2.11. The molecule has 1 unspecified atom stereocenters. The normalized spacial score (nSPS) is 20.2. The highest BCUT2D eigenvalue weighted by atomic mass is 79.9. The Hall–Kier alpha value is -0.680. The number of hydrogen-bond donors (Lipinski definition) is 0. The summed E-state index contributed by atoms with van der Waals surface area (Å²) in [5, 5.41) is 0. The lowest BCUT2D eigenvalue weighted by molar-refractivity contribution is 0.1000. The molecule has 1 aromatic rings. The first-order valence-electron chi connectivity index (χ1n) is 5.51. The minimum absolute atomic E-state index is 0.00880. The molecule has 0 aromatic carbocycles. The van der Waals surface area contributed by atoms with E-state index < -0.39 is 0 Å².